The molecule has 2 saturated carbocycles. The van der Waals surface area contributed by atoms with Gasteiger partial charge < -0.3 is 15.3 Å². The lowest BCUT2D eigenvalue weighted by molar-refractivity contribution is -0.138. The molecule has 4 heteroatoms. The molecule has 2 rings (SSSR count). The number of hydrogen-bond donors (Lipinski definition) is 3. The van der Waals surface area contributed by atoms with Crippen LogP contribution in [0.4, 0.5) is 0 Å². The molecule has 0 aromatic rings. The van der Waals surface area contributed by atoms with Gasteiger partial charge in [-0.1, -0.05) is 20.1 Å². The lowest BCUT2D eigenvalue weighted by Crippen LogP contribution is -2.57. The zero-order valence-corrected chi connectivity index (χ0v) is 11.4. The molecule has 0 bridgehead atoms. The Bertz CT molecular complexity index is 441. The number of carboxylic acid groups (broad SMARTS) is 1. The van der Waals surface area contributed by atoms with E-state index in [1.165, 1.54) is 0 Å². The first-order valence-electron chi connectivity index (χ1n) is 6.73. The van der Waals surface area contributed by atoms with Crippen molar-refractivity contribution in [2.24, 2.45) is 11.3 Å². The van der Waals surface area contributed by atoms with E-state index in [0.717, 1.165) is 12.8 Å². The quantitative estimate of drug-likeness (QED) is 0.527. The molecule has 0 saturated heterocycles. The molecule has 2 aliphatic carbocycles. The van der Waals surface area contributed by atoms with Crippen LogP contribution in [0.1, 0.15) is 39.0 Å². The van der Waals surface area contributed by atoms with Crippen molar-refractivity contribution in [1.82, 2.24) is 0 Å². The van der Waals surface area contributed by atoms with Gasteiger partial charge in [-0.25, -0.2) is 4.79 Å². The van der Waals surface area contributed by atoms with Crippen molar-refractivity contribution in [3.05, 3.63) is 24.3 Å². The van der Waals surface area contributed by atoms with Crippen LogP contribution in [0.15, 0.2) is 24.3 Å². The molecule has 4 unspecified atom stereocenters. The van der Waals surface area contributed by atoms with Crippen LogP contribution in [-0.4, -0.2) is 33.0 Å². The third-order valence-electron chi connectivity index (χ3n) is 5.26. The van der Waals surface area contributed by atoms with Crippen LogP contribution in [0.2, 0.25) is 0 Å². The first-order valence-corrected chi connectivity index (χ1v) is 6.73. The molecule has 2 aliphatic rings. The summed E-state index contributed by atoms with van der Waals surface area (Å²) in [4.78, 5) is 11.0. The molecule has 4 nitrogen and oxygen atoms in total. The second-order valence-electron chi connectivity index (χ2n) is 6.27. The summed E-state index contributed by atoms with van der Waals surface area (Å²) < 4.78 is 0. The molecule has 19 heavy (non-hydrogen) atoms. The molecule has 3 N–H and O–H groups in total. The maximum Gasteiger partial charge on any atom is 0.331 e. The Morgan fingerprint density at radius 2 is 1.95 bits per heavy atom. The molecule has 0 heterocycles. The fourth-order valence-electron chi connectivity index (χ4n) is 3.63. The molecule has 4 atom stereocenters. The summed E-state index contributed by atoms with van der Waals surface area (Å²) in [5.41, 5.74) is -0.933. The Morgan fingerprint density at radius 1 is 1.37 bits per heavy atom. The van der Waals surface area contributed by atoms with Crippen LogP contribution in [0.5, 0.6) is 0 Å². The zero-order chi connectivity index (χ0) is 14.4. The van der Waals surface area contributed by atoms with E-state index in [0.29, 0.717) is 24.8 Å². The van der Waals surface area contributed by atoms with Gasteiger partial charge in [0.1, 0.15) is 0 Å². The summed E-state index contributed by atoms with van der Waals surface area (Å²) in [6, 6.07) is 0. The first kappa shape index (κ1) is 14.3. The highest BCUT2D eigenvalue weighted by atomic mass is 16.4. The monoisotopic (exact) mass is 266 g/mol. The van der Waals surface area contributed by atoms with Gasteiger partial charge in [-0.15, -0.1) is 0 Å². The van der Waals surface area contributed by atoms with E-state index in [-0.39, 0.29) is 16.9 Å². The van der Waals surface area contributed by atoms with Crippen LogP contribution >= 0.6 is 0 Å². The highest BCUT2D eigenvalue weighted by molar-refractivity contribution is 5.86. The van der Waals surface area contributed by atoms with Crippen molar-refractivity contribution in [3.8, 4) is 0 Å². The SMILES string of the molecule is C=C(C(=O)O)C1CCC2(C)CCC(O)C(=C)C2(O)C1. The van der Waals surface area contributed by atoms with Gasteiger partial charge in [0.05, 0.1) is 11.7 Å². The molecule has 0 amide bonds. The van der Waals surface area contributed by atoms with Gasteiger partial charge >= 0.3 is 5.97 Å². The largest absolute Gasteiger partial charge is 0.478 e. The minimum Gasteiger partial charge on any atom is -0.478 e. The summed E-state index contributed by atoms with van der Waals surface area (Å²) in [5.74, 6) is -1.27. The normalized spacial score (nSPS) is 42.6. The van der Waals surface area contributed by atoms with Crippen LogP contribution < -0.4 is 0 Å². The Hall–Kier alpha value is -1.13. The Labute approximate surface area is 113 Å². The Balaban J connectivity index is 2.30. The van der Waals surface area contributed by atoms with Crippen molar-refractivity contribution in [2.75, 3.05) is 0 Å². The second-order valence-corrected chi connectivity index (χ2v) is 6.27. The lowest BCUT2D eigenvalue weighted by atomic mass is 9.53. The summed E-state index contributed by atoms with van der Waals surface area (Å²) in [6.45, 7) is 9.47. The number of carbonyl (C=O) groups is 1. The van der Waals surface area contributed by atoms with Crippen LogP contribution in [0, 0.1) is 11.3 Å². The average molecular weight is 266 g/mol. The third kappa shape index (κ3) is 2.03. The van der Waals surface area contributed by atoms with E-state index >= 15 is 0 Å². The van der Waals surface area contributed by atoms with Crippen LogP contribution in [-0.2, 0) is 4.79 Å². The molecular weight excluding hydrogens is 244 g/mol. The van der Waals surface area contributed by atoms with E-state index in [9.17, 15) is 15.0 Å². The predicted octanol–water partition coefficient (Wildman–Crippen LogP) is 1.88. The van der Waals surface area contributed by atoms with Crippen LogP contribution in [0.3, 0.4) is 0 Å². The van der Waals surface area contributed by atoms with Gasteiger partial charge in [-0.2, -0.15) is 0 Å². The van der Waals surface area contributed by atoms with Gasteiger partial charge in [0.25, 0.3) is 0 Å². The smallest absolute Gasteiger partial charge is 0.331 e. The molecule has 0 spiro atoms. The molecule has 0 radical (unpaired) electrons. The lowest BCUT2D eigenvalue weighted by Gasteiger charge is -2.56. The van der Waals surface area contributed by atoms with E-state index in [4.69, 9.17) is 5.11 Å². The number of carboxylic acids is 1. The molecule has 2 fully saturated rings. The molecule has 106 valence electrons. The topological polar surface area (TPSA) is 77.8 Å². The van der Waals surface area contributed by atoms with Gasteiger partial charge in [-0.05, 0) is 43.6 Å². The number of fused-ring (bicyclic) bond motifs is 1. The van der Waals surface area contributed by atoms with Crippen molar-refractivity contribution in [1.29, 1.82) is 0 Å². The van der Waals surface area contributed by atoms with E-state index < -0.39 is 17.7 Å². The predicted molar refractivity (Wildman–Crippen MR) is 71.6 cm³/mol. The second kappa shape index (κ2) is 4.46. The Morgan fingerprint density at radius 3 is 2.53 bits per heavy atom. The molecular formula is C15H22O4. The van der Waals surface area contributed by atoms with Gasteiger partial charge in [0.15, 0.2) is 0 Å². The highest BCUT2D eigenvalue weighted by Crippen LogP contribution is 2.56. The van der Waals surface area contributed by atoms with Crippen LogP contribution in [0.25, 0.3) is 0 Å². The third-order valence-corrected chi connectivity index (χ3v) is 5.26. The average Bonchev–Trinajstić information content (AvgIpc) is 2.36. The first-order chi connectivity index (χ1) is 8.71. The number of rotatable bonds is 2. The van der Waals surface area contributed by atoms with E-state index in [1.54, 1.807) is 0 Å². The van der Waals surface area contributed by atoms with Crippen molar-refractivity contribution in [3.63, 3.8) is 0 Å². The number of aliphatic hydroxyl groups is 2. The summed E-state index contributed by atoms with van der Waals surface area (Å²) in [7, 11) is 0. The number of hydrogen-bond acceptors (Lipinski definition) is 3. The van der Waals surface area contributed by atoms with Gasteiger partial charge in [-0.3, -0.25) is 0 Å². The minimum atomic E-state index is -1.19. The number of aliphatic hydroxyl groups excluding tert-OH is 1. The van der Waals surface area contributed by atoms with Crippen molar-refractivity contribution < 1.29 is 20.1 Å². The summed E-state index contributed by atoms with van der Waals surface area (Å²) >= 11 is 0. The molecule has 0 aromatic heterocycles. The minimum absolute atomic E-state index is 0.142. The fourth-order valence-corrected chi connectivity index (χ4v) is 3.63. The van der Waals surface area contributed by atoms with E-state index in [1.807, 2.05) is 6.92 Å². The van der Waals surface area contributed by atoms with Crippen molar-refractivity contribution >= 4 is 5.97 Å². The zero-order valence-electron chi connectivity index (χ0n) is 11.4. The Kier molecular flexibility index (Phi) is 3.35. The summed E-state index contributed by atoms with van der Waals surface area (Å²) in [6.07, 6.45) is 2.39. The molecule has 0 aliphatic heterocycles. The van der Waals surface area contributed by atoms with Gasteiger partial charge in [0, 0.05) is 11.0 Å². The standard InChI is InChI=1S/C15H22O4/c1-9(13(17)18)11-4-6-14(3)7-5-12(16)10(2)15(14,19)8-11/h11-12,16,19H,1-2,4-8H2,3H3,(H,17,18). The summed E-state index contributed by atoms with van der Waals surface area (Å²) in [5, 5.41) is 30.0. The van der Waals surface area contributed by atoms with Crippen molar-refractivity contribution in [2.45, 2.75) is 50.7 Å². The maximum absolute atomic E-state index is 11.0. The van der Waals surface area contributed by atoms with Gasteiger partial charge in [0.2, 0.25) is 0 Å². The highest BCUT2D eigenvalue weighted by Gasteiger charge is 2.56. The van der Waals surface area contributed by atoms with E-state index in [2.05, 4.69) is 13.2 Å². The maximum atomic E-state index is 11.0. The number of aliphatic carboxylic acids is 1. The molecule has 0 aromatic carbocycles. The fraction of sp³-hybridized carbons (Fsp3) is 0.667.